The van der Waals surface area contributed by atoms with Crippen molar-refractivity contribution in [1.82, 2.24) is 15.3 Å². The average Bonchev–Trinajstić information content (AvgIpc) is 2.46. The number of carbonyl (C=O) groups excluding carboxylic acids is 1. The van der Waals surface area contributed by atoms with Gasteiger partial charge in [-0.2, -0.15) is 5.26 Å². The molecule has 0 aliphatic carbocycles. The van der Waals surface area contributed by atoms with Crippen molar-refractivity contribution in [3.63, 3.8) is 0 Å². The molecular formula is C12H15N5O. The van der Waals surface area contributed by atoms with Crippen LogP contribution in [0.2, 0.25) is 0 Å². The molecule has 0 radical (unpaired) electrons. The Hall–Kier alpha value is -2.16. The fourth-order valence-electron chi connectivity index (χ4n) is 2.23. The number of aromatic nitrogens is 2. The molecule has 0 spiro atoms. The van der Waals surface area contributed by atoms with E-state index in [0.29, 0.717) is 18.1 Å². The van der Waals surface area contributed by atoms with E-state index in [2.05, 4.69) is 15.3 Å². The largest absolute Gasteiger partial charge is 0.359 e. The van der Waals surface area contributed by atoms with Gasteiger partial charge in [-0.05, 0) is 12.8 Å². The molecule has 1 aliphatic rings. The number of piperidine rings is 1. The van der Waals surface area contributed by atoms with Gasteiger partial charge in [-0.15, -0.1) is 0 Å². The number of amides is 1. The van der Waals surface area contributed by atoms with Gasteiger partial charge in [0.1, 0.15) is 6.07 Å². The molecule has 0 saturated carbocycles. The van der Waals surface area contributed by atoms with E-state index in [0.717, 1.165) is 19.4 Å². The second kappa shape index (κ2) is 5.45. The van der Waals surface area contributed by atoms with E-state index in [-0.39, 0.29) is 11.8 Å². The van der Waals surface area contributed by atoms with Crippen molar-refractivity contribution in [3.8, 4) is 6.07 Å². The van der Waals surface area contributed by atoms with Gasteiger partial charge in [-0.3, -0.25) is 4.79 Å². The molecule has 1 aromatic rings. The van der Waals surface area contributed by atoms with E-state index in [4.69, 9.17) is 5.26 Å². The summed E-state index contributed by atoms with van der Waals surface area (Å²) >= 11 is 0. The summed E-state index contributed by atoms with van der Waals surface area (Å²) in [5.41, 5.74) is 0.315. The van der Waals surface area contributed by atoms with Crippen LogP contribution in [0.5, 0.6) is 0 Å². The molecule has 0 bridgehead atoms. The predicted molar refractivity (Wildman–Crippen MR) is 65.8 cm³/mol. The van der Waals surface area contributed by atoms with Crippen molar-refractivity contribution in [2.75, 3.05) is 25.0 Å². The third-order valence-electron chi connectivity index (χ3n) is 3.12. The molecule has 1 amide bonds. The van der Waals surface area contributed by atoms with Crippen LogP contribution in [0.4, 0.5) is 5.82 Å². The molecule has 94 valence electrons. The Morgan fingerprint density at radius 2 is 2.33 bits per heavy atom. The quantitative estimate of drug-likeness (QED) is 0.811. The lowest BCUT2D eigenvalue weighted by Crippen LogP contribution is -2.42. The number of hydrogen-bond acceptors (Lipinski definition) is 5. The maximum Gasteiger partial charge on any atom is 0.224 e. The first kappa shape index (κ1) is 12.3. The summed E-state index contributed by atoms with van der Waals surface area (Å²) in [4.78, 5) is 21.8. The van der Waals surface area contributed by atoms with Gasteiger partial charge in [-0.25, -0.2) is 9.97 Å². The first-order valence-corrected chi connectivity index (χ1v) is 5.94. The number of rotatable bonds is 2. The summed E-state index contributed by atoms with van der Waals surface area (Å²) in [5, 5.41) is 11.7. The first-order chi connectivity index (χ1) is 8.76. The highest BCUT2D eigenvalue weighted by atomic mass is 16.1. The Kier molecular flexibility index (Phi) is 3.72. The summed E-state index contributed by atoms with van der Waals surface area (Å²) in [7, 11) is 1.64. The zero-order valence-corrected chi connectivity index (χ0v) is 10.3. The monoisotopic (exact) mass is 245 g/mol. The molecule has 2 rings (SSSR count). The number of anilines is 1. The smallest absolute Gasteiger partial charge is 0.224 e. The van der Waals surface area contributed by atoms with E-state index in [1.165, 1.54) is 6.20 Å². The Labute approximate surface area is 106 Å². The highest BCUT2D eigenvalue weighted by molar-refractivity contribution is 5.79. The van der Waals surface area contributed by atoms with E-state index in [9.17, 15) is 4.79 Å². The maximum atomic E-state index is 11.7. The Bertz CT molecular complexity index is 482. The molecule has 6 nitrogen and oxygen atoms in total. The van der Waals surface area contributed by atoms with Crippen molar-refractivity contribution >= 4 is 11.7 Å². The Morgan fingerprint density at radius 3 is 3.06 bits per heavy atom. The summed E-state index contributed by atoms with van der Waals surface area (Å²) in [6.45, 7) is 1.40. The molecule has 1 fully saturated rings. The lowest BCUT2D eigenvalue weighted by molar-refractivity contribution is -0.124. The van der Waals surface area contributed by atoms with Gasteiger partial charge >= 0.3 is 0 Å². The molecule has 1 N–H and O–H groups in total. The van der Waals surface area contributed by atoms with E-state index < -0.39 is 0 Å². The van der Waals surface area contributed by atoms with Crippen LogP contribution in [0.15, 0.2) is 12.4 Å². The molecule has 1 atom stereocenters. The standard InChI is InChI=1S/C12H15N5O/c1-14-12(18)9-3-2-6-17(8-9)11-10(7-13)15-4-5-16-11/h4-5,9H,2-3,6,8H2,1H3,(H,14,18). The van der Waals surface area contributed by atoms with Crippen LogP contribution >= 0.6 is 0 Å². The predicted octanol–water partition coefficient (Wildman–Crippen LogP) is 0.311. The van der Waals surface area contributed by atoms with Gasteiger partial charge in [0.05, 0.1) is 5.92 Å². The topological polar surface area (TPSA) is 81.9 Å². The third kappa shape index (κ3) is 2.40. The van der Waals surface area contributed by atoms with Gasteiger partial charge in [0, 0.05) is 32.5 Å². The van der Waals surface area contributed by atoms with Gasteiger partial charge in [-0.1, -0.05) is 0 Å². The summed E-state index contributed by atoms with van der Waals surface area (Å²) in [5.74, 6) is 0.577. The van der Waals surface area contributed by atoms with Crippen molar-refractivity contribution in [2.45, 2.75) is 12.8 Å². The lowest BCUT2D eigenvalue weighted by Gasteiger charge is -2.32. The zero-order chi connectivity index (χ0) is 13.0. The van der Waals surface area contributed by atoms with Crippen molar-refractivity contribution in [2.24, 2.45) is 5.92 Å². The summed E-state index contributed by atoms with van der Waals surface area (Å²) < 4.78 is 0. The van der Waals surface area contributed by atoms with Crippen molar-refractivity contribution in [1.29, 1.82) is 5.26 Å². The van der Waals surface area contributed by atoms with Crippen molar-refractivity contribution < 1.29 is 4.79 Å². The zero-order valence-electron chi connectivity index (χ0n) is 10.3. The number of hydrogen-bond donors (Lipinski definition) is 1. The van der Waals surface area contributed by atoms with Crippen LogP contribution < -0.4 is 10.2 Å². The number of nitriles is 1. The SMILES string of the molecule is CNC(=O)C1CCCN(c2nccnc2C#N)C1. The average molecular weight is 245 g/mol. The van der Waals surface area contributed by atoms with Crippen LogP contribution in [0, 0.1) is 17.2 Å². The van der Waals surface area contributed by atoms with Gasteiger partial charge < -0.3 is 10.2 Å². The number of nitrogens with zero attached hydrogens (tertiary/aromatic N) is 4. The molecule has 18 heavy (non-hydrogen) atoms. The fourth-order valence-corrected chi connectivity index (χ4v) is 2.23. The van der Waals surface area contributed by atoms with Crippen LogP contribution in [0.3, 0.4) is 0 Å². The Balaban J connectivity index is 2.18. The Morgan fingerprint density at radius 1 is 1.56 bits per heavy atom. The van der Waals surface area contributed by atoms with Gasteiger partial charge in [0.25, 0.3) is 0 Å². The molecule has 2 heterocycles. The van der Waals surface area contributed by atoms with Gasteiger partial charge in [0.2, 0.25) is 5.91 Å². The minimum Gasteiger partial charge on any atom is -0.359 e. The maximum absolute atomic E-state index is 11.7. The molecular weight excluding hydrogens is 230 g/mol. The summed E-state index contributed by atoms with van der Waals surface area (Å²) in [6.07, 6.45) is 4.86. The molecule has 0 aromatic carbocycles. The highest BCUT2D eigenvalue weighted by Crippen LogP contribution is 2.23. The van der Waals surface area contributed by atoms with E-state index >= 15 is 0 Å². The van der Waals surface area contributed by atoms with Crippen molar-refractivity contribution in [3.05, 3.63) is 18.1 Å². The third-order valence-corrected chi connectivity index (χ3v) is 3.12. The van der Waals surface area contributed by atoms with E-state index in [1.54, 1.807) is 13.2 Å². The molecule has 1 aromatic heterocycles. The highest BCUT2D eigenvalue weighted by Gasteiger charge is 2.27. The summed E-state index contributed by atoms with van der Waals surface area (Å²) in [6, 6.07) is 2.04. The molecule has 1 aliphatic heterocycles. The molecule has 1 unspecified atom stereocenters. The van der Waals surface area contributed by atoms with E-state index in [1.807, 2.05) is 11.0 Å². The lowest BCUT2D eigenvalue weighted by atomic mass is 9.97. The van der Waals surface area contributed by atoms with Gasteiger partial charge in [0.15, 0.2) is 11.5 Å². The number of carbonyl (C=O) groups is 1. The second-order valence-electron chi connectivity index (χ2n) is 4.24. The van der Waals surface area contributed by atoms with Crippen LogP contribution in [-0.2, 0) is 4.79 Å². The minimum absolute atomic E-state index is 0.0436. The fraction of sp³-hybridized carbons (Fsp3) is 0.500. The number of nitrogens with one attached hydrogen (secondary N) is 1. The van der Waals surface area contributed by atoms with Crippen LogP contribution in [0.1, 0.15) is 18.5 Å². The first-order valence-electron chi connectivity index (χ1n) is 5.94. The molecule has 6 heteroatoms. The van der Waals surface area contributed by atoms with Crippen LogP contribution in [-0.4, -0.2) is 36.0 Å². The second-order valence-corrected chi connectivity index (χ2v) is 4.24. The normalized spacial score (nSPS) is 19.1. The minimum atomic E-state index is -0.0442. The van der Waals surface area contributed by atoms with Crippen LogP contribution in [0.25, 0.3) is 0 Å². The molecule has 1 saturated heterocycles.